The van der Waals surface area contributed by atoms with Crippen LogP contribution in [0.4, 0.5) is 0 Å². The molecule has 8 heteroatoms. The maximum absolute atomic E-state index is 11.9. The summed E-state index contributed by atoms with van der Waals surface area (Å²) in [6, 6.07) is 5.22. The highest BCUT2D eigenvalue weighted by molar-refractivity contribution is 14.1. The second kappa shape index (κ2) is 9.12. The Morgan fingerprint density at radius 1 is 1.33 bits per heavy atom. The number of benzene rings is 1. The van der Waals surface area contributed by atoms with Crippen LogP contribution in [0.3, 0.4) is 0 Å². The first kappa shape index (κ1) is 19.8. The SMILES string of the molecule is COC(=O)COc1c(I)cc(/C=C(/C#N)C(=O)N(C)C)cc1OC. The molecule has 24 heavy (non-hydrogen) atoms. The van der Waals surface area contributed by atoms with Crippen LogP contribution in [0.25, 0.3) is 6.08 Å². The number of halogens is 1. The Bertz CT molecular complexity index is 707. The monoisotopic (exact) mass is 444 g/mol. The molecule has 128 valence electrons. The van der Waals surface area contributed by atoms with Gasteiger partial charge in [-0.2, -0.15) is 5.26 Å². The maximum Gasteiger partial charge on any atom is 0.343 e. The average Bonchev–Trinajstić information content (AvgIpc) is 2.56. The summed E-state index contributed by atoms with van der Waals surface area (Å²) in [5, 5.41) is 9.15. The summed E-state index contributed by atoms with van der Waals surface area (Å²) >= 11 is 2.02. The largest absolute Gasteiger partial charge is 0.493 e. The third-order valence-electron chi connectivity index (χ3n) is 2.88. The predicted octanol–water partition coefficient (Wildman–Crippen LogP) is 1.85. The lowest BCUT2D eigenvalue weighted by Gasteiger charge is -2.13. The molecule has 0 aliphatic heterocycles. The number of ether oxygens (including phenoxy) is 3. The fourth-order valence-electron chi connectivity index (χ4n) is 1.70. The zero-order chi connectivity index (χ0) is 18.3. The van der Waals surface area contributed by atoms with Gasteiger partial charge in [0.25, 0.3) is 5.91 Å². The van der Waals surface area contributed by atoms with E-state index < -0.39 is 11.9 Å². The quantitative estimate of drug-likeness (QED) is 0.288. The van der Waals surface area contributed by atoms with E-state index in [2.05, 4.69) is 4.74 Å². The van der Waals surface area contributed by atoms with E-state index in [1.165, 1.54) is 25.2 Å². The van der Waals surface area contributed by atoms with E-state index in [9.17, 15) is 9.59 Å². The van der Waals surface area contributed by atoms with Crippen molar-refractivity contribution in [3.05, 3.63) is 26.8 Å². The van der Waals surface area contributed by atoms with Crippen LogP contribution in [0, 0.1) is 14.9 Å². The summed E-state index contributed by atoms with van der Waals surface area (Å²) in [6.07, 6.45) is 1.47. The van der Waals surface area contributed by atoms with Crippen LogP contribution in [0.5, 0.6) is 11.5 Å². The van der Waals surface area contributed by atoms with Crippen LogP contribution in [0.2, 0.25) is 0 Å². The normalized spacial score (nSPS) is 10.6. The fourth-order valence-corrected chi connectivity index (χ4v) is 2.48. The van der Waals surface area contributed by atoms with Crippen LogP contribution >= 0.6 is 22.6 Å². The Hall–Kier alpha value is -2.28. The van der Waals surface area contributed by atoms with Crippen LogP contribution in [0.15, 0.2) is 17.7 Å². The fraction of sp³-hybridized carbons (Fsp3) is 0.312. The Morgan fingerprint density at radius 3 is 2.50 bits per heavy atom. The molecule has 0 fully saturated rings. The van der Waals surface area contributed by atoms with Gasteiger partial charge < -0.3 is 19.1 Å². The third kappa shape index (κ3) is 5.13. The minimum absolute atomic E-state index is 0.00100. The molecule has 1 rings (SSSR count). The summed E-state index contributed by atoms with van der Waals surface area (Å²) in [5.74, 6) is -0.137. The van der Waals surface area contributed by atoms with Crippen molar-refractivity contribution in [3.63, 3.8) is 0 Å². The van der Waals surface area contributed by atoms with Gasteiger partial charge in [0.15, 0.2) is 18.1 Å². The molecular formula is C16H17IN2O5. The average molecular weight is 444 g/mol. The molecule has 0 bridgehead atoms. The van der Waals surface area contributed by atoms with Crippen molar-refractivity contribution >= 4 is 40.5 Å². The first-order chi connectivity index (χ1) is 11.3. The van der Waals surface area contributed by atoms with E-state index in [-0.39, 0.29) is 12.2 Å². The topological polar surface area (TPSA) is 88.9 Å². The maximum atomic E-state index is 11.9. The highest BCUT2D eigenvalue weighted by atomic mass is 127. The van der Waals surface area contributed by atoms with Crippen LogP contribution < -0.4 is 9.47 Å². The van der Waals surface area contributed by atoms with E-state index in [1.807, 2.05) is 28.7 Å². The zero-order valence-corrected chi connectivity index (χ0v) is 15.9. The summed E-state index contributed by atoms with van der Waals surface area (Å²) in [6.45, 7) is -0.249. The van der Waals surface area contributed by atoms with Gasteiger partial charge in [-0.25, -0.2) is 4.79 Å². The number of carbonyl (C=O) groups is 2. The van der Waals surface area contributed by atoms with Gasteiger partial charge in [0.05, 0.1) is 17.8 Å². The van der Waals surface area contributed by atoms with Crippen molar-refractivity contribution in [1.29, 1.82) is 5.26 Å². The second-order valence-electron chi connectivity index (χ2n) is 4.77. The van der Waals surface area contributed by atoms with Crippen molar-refractivity contribution in [2.75, 3.05) is 34.9 Å². The Labute approximate surface area is 153 Å². The number of hydrogen-bond donors (Lipinski definition) is 0. The lowest BCUT2D eigenvalue weighted by atomic mass is 10.1. The number of methoxy groups -OCH3 is 2. The lowest BCUT2D eigenvalue weighted by molar-refractivity contribution is -0.143. The molecule has 0 aliphatic carbocycles. The third-order valence-corrected chi connectivity index (χ3v) is 3.68. The van der Waals surface area contributed by atoms with E-state index in [0.717, 1.165) is 0 Å². The number of amides is 1. The van der Waals surface area contributed by atoms with Gasteiger partial charge in [-0.15, -0.1) is 0 Å². The minimum Gasteiger partial charge on any atom is -0.493 e. The van der Waals surface area contributed by atoms with Crippen molar-refractivity contribution in [1.82, 2.24) is 4.90 Å². The summed E-state index contributed by atoms with van der Waals surface area (Å²) in [5.41, 5.74) is 0.606. The zero-order valence-electron chi connectivity index (χ0n) is 13.8. The smallest absolute Gasteiger partial charge is 0.343 e. The summed E-state index contributed by atoms with van der Waals surface area (Å²) in [7, 11) is 5.87. The number of nitriles is 1. The first-order valence-corrected chi connectivity index (χ1v) is 7.82. The van der Waals surface area contributed by atoms with Crippen molar-refractivity contribution in [2.45, 2.75) is 0 Å². The molecule has 0 spiro atoms. The Balaban J connectivity index is 3.21. The number of rotatable bonds is 6. The van der Waals surface area contributed by atoms with Gasteiger partial charge in [0.2, 0.25) is 0 Å². The second-order valence-corrected chi connectivity index (χ2v) is 5.93. The molecule has 0 saturated heterocycles. The molecule has 0 radical (unpaired) electrons. The van der Waals surface area contributed by atoms with E-state index in [4.69, 9.17) is 14.7 Å². The van der Waals surface area contributed by atoms with Crippen LogP contribution in [-0.4, -0.2) is 51.7 Å². The molecule has 1 amide bonds. The first-order valence-electron chi connectivity index (χ1n) is 6.74. The molecule has 0 aliphatic rings. The van der Waals surface area contributed by atoms with E-state index in [1.54, 1.807) is 26.2 Å². The van der Waals surface area contributed by atoms with Gasteiger partial charge >= 0.3 is 5.97 Å². The molecule has 7 nitrogen and oxygen atoms in total. The van der Waals surface area contributed by atoms with Gasteiger partial charge in [0, 0.05) is 14.1 Å². The molecule has 0 unspecified atom stereocenters. The van der Waals surface area contributed by atoms with Gasteiger partial charge in [-0.05, 0) is 46.4 Å². The number of hydrogen-bond acceptors (Lipinski definition) is 6. The highest BCUT2D eigenvalue weighted by Gasteiger charge is 2.15. The van der Waals surface area contributed by atoms with E-state index >= 15 is 0 Å². The van der Waals surface area contributed by atoms with Gasteiger partial charge in [-0.1, -0.05) is 0 Å². The standard InChI is InChI=1S/C16H17IN2O5/c1-19(2)16(21)11(8-18)5-10-6-12(17)15(13(7-10)22-3)24-9-14(20)23-4/h5-7H,9H2,1-4H3/b11-5-. The summed E-state index contributed by atoms with van der Waals surface area (Å²) in [4.78, 5) is 24.5. The Morgan fingerprint density at radius 2 is 2.00 bits per heavy atom. The van der Waals surface area contributed by atoms with Crippen LogP contribution in [-0.2, 0) is 14.3 Å². The number of nitrogens with zero attached hydrogens (tertiary/aromatic N) is 2. The molecular weight excluding hydrogens is 427 g/mol. The molecule has 0 heterocycles. The number of esters is 1. The number of carbonyl (C=O) groups excluding carboxylic acids is 2. The molecule has 1 aromatic carbocycles. The van der Waals surface area contributed by atoms with Gasteiger partial charge in [-0.3, -0.25) is 4.79 Å². The van der Waals surface area contributed by atoms with Crippen LogP contribution in [0.1, 0.15) is 5.56 Å². The van der Waals surface area contributed by atoms with Crippen molar-refractivity contribution < 1.29 is 23.8 Å². The predicted molar refractivity (Wildman–Crippen MR) is 95.5 cm³/mol. The molecule has 0 saturated carbocycles. The molecule has 0 aromatic heterocycles. The molecule has 0 N–H and O–H groups in total. The molecule has 1 aromatic rings. The van der Waals surface area contributed by atoms with Crippen molar-refractivity contribution in [2.24, 2.45) is 0 Å². The number of likely N-dealkylation sites (N-methyl/N-ethyl adjacent to an activating group) is 1. The molecule has 0 atom stereocenters. The summed E-state index contributed by atoms with van der Waals surface area (Å²) < 4.78 is 15.9. The van der Waals surface area contributed by atoms with Gasteiger partial charge in [0.1, 0.15) is 11.6 Å². The van der Waals surface area contributed by atoms with E-state index in [0.29, 0.717) is 20.6 Å². The van der Waals surface area contributed by atoms with Crippen molar-refractivity contribution in [3.8, 4) is 17.6 Å². The highest BCUT2D eigenvalue weighted by Crippen LogP contribution is 2.34. The lowest BCUT2D eigenvalue weighted by Crippen LogP contribution is -2.22. The Kier molecular flexibility index (Phi) is 7.51. The minimum atomic E-state index is -0.514.